The van der Waals surface area contributed by atoms with E-state index in [9.17, 15) is 13.2 Å². The van der Waals surface area contributed by atoms with Gasteiger partial charge in [-0.3, -0.25) is 4.79 Å². The van der Waals surface area contributed by atoms with Gasteiger partial charge >= 0.3 is 0 Å². The van der Waals surface area contributed by atoms with Gasteiger partial charge in [-0.15, -0.1) is 0 Å². The summed E-state index contributed by atoms with van der Waals surface area (Å²) in [5, 5.41) is 0.821. The Morgan fingerprint density at radius 3 is 2.65 bits per heavy atom. The van der Waals surface area contributed by atoms with Crippen molar-refractivity contribution in [3.05, 3.63) is 23.2 Å². The van der Waals surface area contributed by atoms with Gasteiger partial charge in [0.05, 0.1) is 30.3 Å². The molecule has 0 radical (unpaired) electrons. The first-order valence-corrected chi connectivity index (χ1v) is 11.2. The quantitative estimate of drug-likeness (QED) is 0.737. The Labute approximate surface area is 162 Å². The number of nitrogens with zero attached hydrogens (tertiary/aromatic N) is 2. The predicted octanol–water partition coefficient (Wildman–Crippen LogP) is 3.00. The summed E-state index contributed by atoms with van der Waals surface area (Å²) in [7, 11) is -1.60. The van der Waals surface area contributed by atoms with Crippen LogP contribution in [0.2, 0.25) is 5.02 Å². The summed E-state index contributed by atoms with van der Waals surface area (Å²) in [5.74, 6) is 0.387. The lowest BCUT2D eigenvalue weighted by atomic mass is 9.96. The summed E-state index contributed by atoms with van der Waals surface area (Å²) in [4.78, 5) is 18.6. The van der Waals surface area contributed by atoms with Crippen LogP contribution in [0.15, 0.2) is 23.2 Å². The second-order valence-electron chi connectivity index (χ2n) is 7.44. The number of amides is 1. The van der Waals surface area contributed by atoms with Crippen LogP contribution in [0.4, 0.5) is 5.69 Å². The highest BCUT2D eigenvalue weighted by atomic mass is 35.5. The van der Waals surface area contributed by atoms with Gasteiger partial charge in [0.2, 0.25) is 0 Å². The van der Waals surface area contributed by atoms with Crippen LogP contribution >= 0.6 is 23.4 Å². The molecular formula is C17H21ClN2O4S2. The summed E-state index contributed by atoms with van der Waals surface area (Å²) in [5.41, 5.74) is -0.000846. The first kappa shape index (κ1) is 19.5. The molecular weight excluding hydrogens is 396 g/mol. The van der Waals surface area contributed by atoms with E-state index in [2.05, 4.69) is 4.99 Å². The molecule has 2 fully saturated rings. The van der Waals surface area contributed by atoms with E-state index in [1.54, 1.807) is 43.9 Å². The van der Waals surface area contributed by atoms with Crippen molar-refractivity contribution in [1.29, 1.82) is 0 Å². The zero-order chi connectivity index (χ0) is 19.3. The number of sulfone groups is 1. The molecule has 2 aliphatic heterocycles. The number of carbonyl (C=O) groups is 1. The topological polar surface area (TPSA) is 76.0 Å². The third kappa shape index (κ3) is 3.73. The molecule has 1 amide bonds. The number of hydrogen-bond acceptors (Lipinski definition) is 5. The first-order chi connectivity index (χ1) is 12.0. The highest BCUT2D eigenvalue weighted by Gasteiger charge is 2.50. The van der Waals surface area contributed by atoms with Gasteiger partial charge in [-0.25, -0.2) is 8.42 Å². The molecule has 6 nitrogen and oxygen atoms in total. The third-order valence-corrected chi connectivity index (χ3v) is 7.75. The standard InChI is InChI=1S/C17H21ClN2O4S2/c1-17(2,3)15(21)19-16-20(11-7-10(18)5-6-13(11)24-4)12-8-26(22,23)9-14(12)25-16/h5-7,12,14H,8-9H2,1-4H3/t12-,14-/m0/s1. The van der Waals surface area contributed by atoms with Crippen molar-refractivity contribution in [3.8, 4) is 5.75 Å². The Morgan fingerprint density at radius 1 is 1.35 bits per heavy atom. The van der Waals surface area contributed by atoms with Crippen molar-refractivity contribution in [2.75, 3.05) is 23.5 Å². The van der Waals surface area contributed by atoms with Gasteiger partial charge in [-0.1, -0.05) is 44.1 Å². The lowest BCUT2D eigenvalue weighted by molar-refractivity contribution is -0.124. The number of halogens is 1. The molecule has 0 bridgehead atoms. The van der Waals surface area contributed by atoms with Crippen LogP contribution in [-0.2, 0) is 14.6 Å². The zero-order valence-corrected chi connectivity index (χ0v) is 17.4. The van der Waals surface area contributed by atoms with Crippen molar-refractivity contribution < 1.29 is 17.9 Å². The third-order valence-electron chi connectivity index (χ3n) is 4.31. The number of aliphatic imine (C=N–C) groups is 1. The van der Waals surface area contributed by atoms with Crippen molar-refractivity contribution in [2.24, 2.45) is 10.4 Å². The number of rotatable bonds is 2. The minimum Gasteiger partial charge on any atom is -0.495 e. The Morgan fingerprint density at radius 2 is 2.04 bits per heavy atom. The van der Waals surface area contributed by atoms with Crippen LogP contribution in [-0.4, -0.2) is 49.4 Å². The number of methoxy groups -OCH3 is 1. The monoisotopic (exact) mass is 416 g/mol. The van der Waals surface area contributed by atoms with Gasteiger partial charge in [0.1, 0.15) is 5.75 Å². The summed E-state index contributed by atoms with van der Waals surface area (Å²) >= 11 is 7.50. The maximum Gasteiger partial charge on any atom is 0.253 e. The normalized spacial score (nSPS) is 26.2. The number of anilines is 1. The molecule has 0 saturated carbocycles. The molecule has 0 N–H and O–H groups in total. The van der Waals surface area contributed by atoms with Gasteiger partial charge in [-0.2, -0.15) is 4.99 Å². The lowest BCUT2D eigenvalue weighted by Crippen LogP contribution is -2.38. The molecule has 0 aromatic heterocycles. The molecule has 0 aliphatic carbocycles. The molecule has 9 heteroatoms. The van der Waals surface area contributed by atoms with Gasteiger partial charge in [0.25, 0.3) is 5.91 Å². The van der Waals surface area contributed by atoms with E-state index < -0.39 is 15.3 Å². The summed E-state index contributed by atoms with van der Waals surface area (Å²) in [6.45, 7) is 5.40. The highest BCUT2D eigenvalue weighted by molar-refractivity contribution is 8.16. The predicted molar refractivity (Wildman–Crippen MR) is 106 cm³/mol. The maximum atomic E-state index is 12.5. The number of carbonyl (C=O) groups excluding carboxylic acids is 1. The number of amidine groups is 1. The molecule has 3 rings (SSSR count). The first-order valence-electron chi connectivity index (χ1n) is 8.15. The molecule has 26 heavy (non-hydrogen) atoms. The van der Waals surface area contributed by atoms with E-state index in [1.807, 2.05) is 0 Å². The molecule has 142 valence electrons. The summed E-state index contributed by atoms with van der Waals surface area (Å²) in [6, 6.07) is 4.84. The van der Waals surface area contributed by atoms with Crippen LogP contribution in [0.3, 0.4) is 0 Å². The molecule has 0 unspecified atom stereocenters. The molecule has 2 saturated heterocycles. The largest absolute Gasteiger partial charge is 0.495 e. The molecule has 0 spiro atoms. The number of ether oxygens (including phenoxy) is 1. The average molecular weight is 417 g/mol. The van der Waals surface area contributed by atoms with E-state index in [1.165, 1.54) is 18.9 Å². The van der Waals surface area contributed by atoms with Crippen LogP contribution < -0.4 is 9.64 Å². The van der Waals surface area contributed by atoms with E-state index in [0.29, 0.717) is 21.6 Å². The number of thioether (sulfide) groups is 1. The number of hydrogen-bond donors (Lipinski definition) is 0. The van der Waals surface area contributed by atoms with E-state index in [4.69, 9.17) is 16.3 Å². The van der Waals surface area contributed by atoms with E-state index >= 15 is 0 Å². The van der Waals surface area contributed by atoms with Crippen molar-refractivity contribution in [3.63, 3.8) is 0 Å². The minimum absolute atomic E-state index is 0.0169. The van der Waals surface area contributed by atoms with Gasteiger partial charge in [-0.05, 0) is 18.2 Å². The minimum atomic E-state index is -3.13. The Bertz CT molecular complexity index is 877. The SMILES string of the molecule is COc1ccc(Cl)cc1N1C(=NC(=O)C(C)(C)C)S[C@H]2CS(=O)(=O)C[C@@H]21. The van der Waals surface area contributed by atoms with Crippen molar-refractivity contribution in [1.82, 2.24) is 0 Å². The zero-order valence-electron chi connectivity index (χ0n) is 15.0. The molecule has 2 heterocycles. The summed E-state index contributed by atoms with van der Waals surface area (Å²) in [6.07, 6.45) is 0. The number of fused-ring (bicyclic) bond motifs is 1. The maximum absolute atomic E-state index is 12.5. The van der Waals surface area contributed by atoms with Crippen LogP contribution in [0.1, 0.15) is 20.8 Å². The lowest BCUT2D eigenvalue weighted by Gasteiger charge is -2.27. The van der Waals surface area contributed by atoms with Crippen LogP contribution in [0.25, 0.3) is 0 Å². The second kappa shape index (κ2) is 6.73. The Hall–Kier alpha value is -1.25. The van der Waals surface area contributed by atoms with E-state index in [0.717, 1.165) is 0 Å². The van der Waals surface area contributed by atoms with Gasteiger partial charge < -0.3 is 9.64 Å². The highest BCUT2D eigenvalue weighted by Crippen LogP contribution is 2.44. The van der Waals surface area contributed by atoms with Crippen molar-refractivity contribution >= 4 is 50.0 Å². The fraction of sp³-hybridized carbons (Fsp3) is 0.529. The smallest absolute Gasteiger partial charge is 0.253 e. The summed E-state index contributed by atoms with van der Waals surface area (Å²) < 4.78 is 29.7. The van der Waals surface area contributed by atoms with Crippen molar-refractivity contribution in [2.45, 2.75) is 32.1 Å². The van der Waals surface area contributed by atoms with Crippen LogP contribution in [0, 0.1) is 5.41 Å². The molecule has 2 aliphatic rings. The molecule has 1 aromatic carbocycles. The fourth-order valence-corrected chi connectivity index (χ4v) is 7.02. The number of benzene rings is 1. The molecule has 2 atom stereocenters. The Kier molecular flexibility index (Phi) is 5.05. The van der Waals surface area contributed by atoms with Gasteiger partial charge in [0, 0.05) is 15.7 Å². The van der Waals surface area contributed by atoms with Gasteiger partial charge in [0.15, 0.2) is 15.0 Å². The Balaban J connectivity index is 2.11. The van der Waals surface area contributed by atoms with E-state index in [-0.39, 0.29) is 28.7 Å². The van der Waals surface area contributed by atoms with Crippen LogP contribution in [0.5, 0.6) is 5.75 Å². The fourth-order valence-electron chi connectivity index (χ4n) is 2.95. The molecule has 1 aromatic rings. The average Bonchev–Trinajstić information content (AvgIpc) is 2.97. The second-order valence-corrected chi connectivity index (χ2v) is 11.2.